The molecule has 4 fully saturated rings. The molecule has 4 aliphatic carbocycles. The number of aliphatic hydroxyl groups is 2. The van der Waals surface area contributed by atoms with Crippen LogP contribution in [-0.4, -0.2) is 44.9 Å². The molecule has 9 atom stereocenters. The maximum atomic E-state index is 12.2. The Hall–Kier alpha value is -1.42. The molecule has 188 valence electrons. The molecular weight excluding hydrogens is 426 g/mol. The van der Waals surface area contributed by atoms with Gasteiger partial charge in [0, 0.05) is 25.8 Å². The molecule has 1 aromatic rings. The highest BCUT2D eigenvalue weighted by atomic mass is 16.5. The highest BCUT2D eigenvalue weighted by Crippen LogP contribution is 2.69. The second-order valence-corrected chi connectivity index (χ2v) is 12.9. The van der Waals surface area contributed by atoms with Crippen molar-refractivity contribution in [3.8, 4) is 6.07 Å². The van der Waals surface area contributed by atoms with Crippen LogP contribution in [-0.2, 0) is 11.3 Å². The lowest BCUT2D eigenvalue weighted by atomic mass is 9.43. The molecule has 4 saturated carbocycles. The molecule has 34 heavy (non-hydrogen) atoms. The van der Waals surface area contributed by atoms with Gasteiger partial charge in [-0.25, -0.2) is 0 Å². The summed E-state index contributed by atoms with van der Waals surface area (Å²) >= 11 is 0. The van der Waals surface area contributed by atoms with Gasteiger partial charge in [-0.2, -0.15) is 10.4 Å². The van der Waals surface area contributed by atoms with Gasteiger partial charge in [0.1, 0.15) is 6.07 Å². The van der Waals surface area contributed by atoms with Gasteiger partial charge in [-0.1, -0.05) is 20.8 Å². The van der Waals surface area contributed by atoms with E-state index in [1.807, 2.05) is 4.68 Å². The third-order valence-electron chi connectivity index (χ3n) is 11.5. The molecule has 0 amide bonds. The molecule has 0 bridgehead atoms. The number of methoxy groups -OCH3 is 1. The average Bonchev–Trinajstić information content (AvgIpc) is 3.37. The second kappa shape index (κ2) is 8.32. The first-order valence-electron chi connectivity index (χ1n) is 13.4. The zero-order valence-corrected chi connectivity index (χ0v) is 21.5. The van der Waals surface area contributed by atoms with Crippen molar-refractivity contribution in [2.75, 3.05) is 13.7 Å². The van der Waals surface area contributed by atoms with Gasteiger partial charge in [0.15, 0.2) is 0 Å². The maximum absolute atomic E-state index is 12.2. The number of ether oxygens (including phenoxy) is 1. The van der Waals surface area contributed by atoms with Crippen LogP contribution in [0.25, 0.3) is 0 Å². The van der Waals surface area contributed by atoms with Crippen molar-refractivity contribution in [3.05, 3.63) is 18.0 Å². The standard InChI is InChI=1S/C28H43N3O3/c1-19(16-31-17-20(14-29)15-30-31)28(33)10-8-24-22-6-5-21-13-27(32,18-34-4)12-11-25(21,2)23(22)7-9-26(24,28)3/h15,17,19,21-24,32-33H,5-13,16,18H2,1-4H3/t19-,21-,22-,23+,24+,25+,26+,27-,28+/m1/s1. The Labute approximate surface area is 204 Å². The molecule has 4 aliphatic rings. The predicted molar refractivity (Wildman–Crippen MR) is 130 cm³/mol. The number of hydrogen-bond donors (Lipinski definition) is 2. The summed E-state index contributed by atoms with van der Waals surface area (Å²) < 4.78 is 7.20. The summed E-state index contributed by atoms with van der Waals surface area (Å²) in [5.74, 6) is 2.57. The molecule has 5 rings (SSSR count). The van der Waals surface area contributed by atoms with Gasteiger partial charge in [-0.15, -0.1) is 0 Å². The zero-order valence-electron chi connectivity index (χ0n) is 21.5. The molecule has 2 N–H and O–H groups in total. The van der Waals surface area contributed by atoms with Crippen LogP contribution in [0, 0.1) is 51.8 Å². The normalized spacial score (nSPS) is 46.7. The Morgan fingerprint density at radius 3 is 2.62 bits per heavy atom. The van der Waals surface area contributed by atoms with Gasteiger partial charge in [-0.05, 0) is 92.3 Å². The van der Waals surface area contributed by atoms with Crippen LogP contribution >= 0.6 is 0 Å². The lowest BCUT2D eigenvalue weighted by Gasteiger charge is -2.63. The van der Waals surface area contributed by atoms with Crippen LogP contribution in [0.4, 0.5) is 0 Å². The van der Waals surface area contributed by atoms with Crippen molar-refractivity contribution in [1.82, 2.24) is 9.78 Å². The van der Waals surface area contributed by atoms with Crippen LogP contribution in [0.5, 0.6) is 0 Å². The SMILES string of the molecule is COC[C@@]1(O)CC[C@@]2(C)[C@H](CC[C@@H]3[C@@H]2CC[C@@]2(C)[C@H]3CC[C@]2(O)[C@H](C)Cn2cc(C#N)cn2)C1. The van der Waals surface area contributed by atoms with E-state index < -0.39 is 11.2 Å². The second-order valence-electron chi connectivity index (χ2n) is 12.9. The fraction of sp³-hybridized carbons (Fsp3) is 0.857. The fourth-order valence-corrected chi connectivity index (χ4v) is 9.54. The van der Waals surface area contributed by atoms with Crippen molar-refractivity contribution in [3.63, 3.8) is 0 Å². The average molecular weight is 470 g/mol. The Bertz CT molecular complexity index is 957. The largest absolute Gasteiger partial charge is 0.389 e. The highest BCUT2D eigenvalue weighted by molar-refractivity contribution is 5.22. The van der Waals surface area contributed by atoms with E-state index in [1.165, 1.54) is 19.3 Å². The minimum atomic E-state index is -0.704. The monoisotopic (exact) mass is 469 g/mol. The summed E-state index contributed by atoms with van der Waals surface area (Å²) in [6, 6.07) is 2.15. The summed E-state index contributed by atoms with van der Waals surface area (Å²) in [7, 11) is 1.70. The smallest absolute Gasteiger partial charge is 0.102 e. The number of nitrogens with zero attached hydrogens (tertiary/aromatic N) is 3. The summed E-state index contributed by atoms with van der Waals surface area (Å²) in [6.07, 6.45) is 12.8. The summed E-state index contributed by atoms with van der Waals surface area (Å²) in [6.45, 7) is 8.15. The minimum absolute atomic E-state index is 0.0759. The van der Waals surface area contributed by atoms with Gasteiger partial charge in [0.2, 0.25) is 0 Å². The molecule has 0 aromatic carbocycles. The Kier molecular flexibility index (Phi) is 5.94. The first kappa shape index (κ1) is 24.3. The molecule has 0 aliphatic heterocycles. The van der Waals surface area contributed by atoms with E-state index in [9.17, 15) is 10.2 Å². The first-order chi connectivity index (χ1) is 16.1. The summed E-state index contributed by atoms with van der Waals surface area (Å²) in [4.78, 5) is 0. The number of rotatable bonds is 5. The highest BCUT2D eigenvalue weighted by Gasteiger charge is 2.66. The molecule has 0 unspecified atom stereocenters. The van der Waals surface area contributed by atoms with E-state index in [0.29, 0.717) is 47.8 Å². The third-order valence-corrected chi connectivity index (χ3v) is 11.5. The number of fused-ring (bicyclic) bond motifs is 5. The first-order valence-corrected chi connectivity index (χ1v) is 13.4. The van der Waals surface area contributed by atoms with Crippen LogP contribution in [0.3, 0.4) is 0 Å². The Morgan fingerprint density at radius 1 is 1.15 bits per heavy atom. The minimum Gasteiger partial charge on any atom is -0.389 e. The van der Waals surface area contributed by atoms with Gasteiger partial charge < -0.3 is 14.9 Å². The van der Waals surface area contributed by atoms with Gasteiger partial charge in [-0.3, -0.25) is 4.68 Å². The summed E-state index contributed by atoms with van der Waals surface area (Å²) in [5.41, 5.74) is -0.572. The van der Waals surface area contributed by atoms with E-state index in [2.05, 4.69) is 31.9 Å². The Balaban J connectivity index is 1.35. The molecule has 6 nitrogen and oxygen atoms in total. The van der Waals surface area contributed by atoms with Gasteiger partial charge >= 0.3 is 0 Å². The lowest BCUT2D eigenvalue weighted by Crippen LogP contribution is -2.59. The van der Waals surface area contributed by atoms with Gasteiger partial charge in [0.25, 0.3) is 0 Å². The van der Waals surface area contributed by atoms with Crippen molar-refractivity contribution < 1.29 is 14.9 Å². The maximum Gasteiger partial charge on any atom is 0.102 e. The number of aromatic nitrogens is 2. The molecule has 0 radical (unpaired) electrons. The van der Waals surface area contributed by atoms with Crippen LogP contribution in [0.15, 0.2) is 12.4 Å². The number of hydrogen-bond acceptors (Lipinski definition) is 5. The molecule has 0 saturated heterocycles. The summed E-state index contributed by atoms with van der Waals surface area (Å²) in [5, 5.41) is 36.8. The van der Waals surface area contributed by atoms with Gasteiger partial charge in [0.05, 0.1) is 29.6 Å². The molecule has 0 spiro atoms. The van der Waals surface area contributed by atoms with E-state index in [-0.39, 0.29) is 11.3 Å². The number of nitriles is 1. The zero-order chi connectivity index (χ0) is 24.4. The lowest BCUT2D eigenvalue weighted by molar-refractivity contribution is -0.187. The Morgan fingerprint density at radius 2 is 1.91 bits per heavy atom. The van der Waals surface area contributed by atoms with E-state index in [0.717, 1.165) is 38.5 Å². The fourth-order valence-electron chi connectivity index (χ4n) is 9.54. The van der Waals surface area contributed by atoms with Crippen LogP contribution in [0.2, 0.25) is 0 Å². The van der Waals surface area contributed by atoms with Crippen LogP contribution in [0.1, 0.15) is 84.1 Å². The molecule has 1 heterocycles. The van der Waals surface area contributed by atoms with E-state index in [1.54, 1.807) is 19.5 Å². The molecule has 6 heteroatoms. The topological polar surface area (TPSA) is 91.3 Å². The van der Waals surface area contributed by atoms with Crippen LogP contribution < -0.4 is 0 Å². The van der Waals surface area contributed by atoms with Crippen molar-refractivity contribution in [2.45, 2.75) is 96.3 Å². The quantitative estimate of drug-likeness (QED) is 0.660. The van der Waals surface area contributed by atoms with Crippen molar-refractivity contribution in [2.24, 2.45) is 40.4 Å². The third kappa shape index (κ3) is 3.49. The predicted octanol–water partition coefficient (Wildman–Crippen LogP) is 4.54. The van der Waals surface area contributed by atoms with E-state index >= 15 is 0 Å². The molecule has 1 aromatic heterocycles. The van der Waals surface area contributed by atoms with Crippen molar-refractivity contribution in [1.29, 1.82) is 5.26 Å². The van der Waals surface area contributed by atoms with Crippen molar-refractivity contribution >= 4 is 0 Å². The van der Waals surface area contributed by atoms with E-state index in [4.69, 9.17) is 10.00 Å². The molecular formula is C28H43N3O3.